The number of urea groups is 4. The topological polar surface area (TPSA) is 239 Å². The molecule has 31 heavy (non-hydrogen) atoms. The first kappa shape index (κ1) is 23.6. The van der Waals surface area contributed by atoms with Crippen LogP contribution in [0.15, 0.2) is 0 Å². The molecule has 0 bridgehead atoms. The first-order valence-corrected chi connectivity index (χ1v) is 9.26. The van der Waals surface area contributed by atoms with Crippen molar-refractivity contribution in [2.24, 2.45) is 0 Å². The Hall–Kier alpha value is -3.66. The second-order valence-corrected chi connectivity index (χ2v) is 6.78. The molecule has 16 heteroatoms. The van der Waals surface area contributed by atoms with E-state index in [0.29, 0.717) is 12.8 Å². The summed E-state index contributed by atoms with van der Waals surface area (Å²) in [6.07, 6.45) is -0.0904. The van der Waals surface area contributed by atoms with Gasteiger partial charge in [0.2, 0.25) is 11.3 Å². The zero-order chi connectivity index (χ0) is 23.2. The summed E-state index contributed by atoms with van der Waals surface area (Å²) in [5.41, 5.74) is -4.16. The molecule has 0 radical (unpaired) electrons. The Kier molecular flexibility index (Phi) is 7.19. The van der Waals surface area contributed by atoms with Crippen LogP contribution in [-0.4, -0.2) is 76.9 Å². The molecule has 2 aliphatic rings. The van der Waals surface area contributed by atoms with Crippen molar-refractivity contribution in [2.75, 3.05) is 13.3 Å². The summed E-state index contributed by atoms with van der Waals surface area (Å²) in [6, 6.07) is -3.86. The third-order valence-electron chi connectivity index (χ3n) is 4.54. The van der Waals surface area contributed by atoms with Crippen molar-refractivity contribution in [2.45, 2.75) is 43.6 Å². The number of amides is 10. The molecule has 10 amide bonds. The lowest BCUT2D eigenvalue weighted by Crippen LogP contribution is -2.69. The molecule has 172 valence electrons. The normalized spacial score (nSPS) is 25.6. The van der Waals surface area contributed by atoms with Crippen LogP contribution in [-0.2, 0) is 9.59 Å². The summed E-state index contributed by atoms with van der Waals surface area (Å²) in [5.74, 6) is -1.93. The fraction of sp³-hybridized carbons (Fsp3) is 0.600. The Bertz CT molecular complexity index is 791. The second kappa shape index (κ2) is 9.43. The Labute approximate surface area is 175 Å². The third-order valence-corrected chi connectivity index (χ3v) is 4.54. The lowest BCUT2D eigenvalue weighted by atomic mass is 9.98. The maximum atomic E-state index is 12.2. The molecule has 2 rings (SSSR count). The fourth-order valence-corrected chi connectivity index (χ4v) is 2.89. The molecule has 2 fully saturated rings. The average Bonchev–Trinajstić information content (AvgIpc) is 3.14. The van der Waals surface area contributed by atoms with E-state index in [-0.39, 0.29) is 6.42 Å². The summed E-state index contributed by atoms with van der Waals surface area (Å²) < 4.78 is 0. The molecule has 3 unspecified atom stereocenters. The van der Waals surface area contributed by atoms with Gasteiger partial charge in [-0.25, -0.2) is 19.2 Å². The van der Waals surface area contributed by atoms with Gasteiger partial charge in [-0.15, -0.1) is 0 Å². The van der Waals surface area contributed by atoms with Crippen LogP contribution >= 0.6 is 0 Å². The third kappa shape index (κ3) is 5.10. The van der Waals surface area contributed by atoms with Crippen LogP contribution in [0.2, 0.25) is 0 Å². The number of aliphatic hydroxyl groups is 2. The molecule has 16 nitrogen and oxygen atoms in total. The number of hydrogen-bond acceptors (Lipinski definition) is 8. The minimum atomic E-state index is -2.09. The maximum absolute atomic E-state index is 12.2. The number of aliphatic hydroxyl groups excluding tert-OH is 2. The Morgan fingerprint density at radius 2 is 1.55 bits per heavy atom. The number of unbranched alkanes of at least 4 members (excludes halogenated alkanes) is 1. The number of nitrogens with one attached hydrogen (secondary N) is 8. The molecule has 0 aromatic heterocycles. The minimum Gasteiger partial charge on any atom is -0.391 e. The second-order valence-electron chi connectivity index (χ2n) is 6.78. The zero-order valence-electron chi connectivity index (χ0n) is 16.5. The van der Waals surface area contributed by atoms with Crippen LogP contribution in [0.4, 0.5) is 19.2 Å². The van der Waals surface area contributed by atoms with E-state index in [2.05, 4.69) is 31.9 Å². The van der Waals surface area contributed by atoms with Gasteiger partial charge < -0.3 is 42.1 Å². The molecule has 0 aliphatic carbocycles. The lowest BCUT2D eigenvalue weighted by Gasteiger charge is -2.32. The molecule has 2 aliphatic heterocycles. The van der Waals surface area contributed by atoms with Gasteiger partial charge in [-0.1, -0.05) is 19.8 Å². The molecule has 2 heterocycles. The van der Waals surface area contributed by atoms with E-state index < -0.39 is 66.6 Å². The highest BCUT2D eigenvalue weighted by atomic mass is 16.3. The summed E-state index contributed by atoms with van der Waals surface area (Å²) in [6.45, 7) is 0.398. The predicted molar refractivity (Wildman–Crippen MR) is 99.6 cm³/mol. The highest BCUT2D eigenvalue weighted by Gasteiger charge is 2.53. The zero-order valence-corrected chi connectivity index (χ0v) is 16.5. The van der Waals surface area contributed by atoms with E-state index in [4.69, 9.17) is 0 Å². The molecule has 3 atom stereocenters. The van der Waals surface area contributed by atoms with E-state index in [1.54, 1.807) is 0 Å². The summed E-state index contributed by atoms with van der Waals surface area (Å²) in [5, 5.41) is 36.3. The predicted octanol–water partition coefficient (Wildman–Crippen LogP) is -3.84. The fourth-order valence-electron chi connectivity index (χ4n) is 2.89. The van der Waals surface area contributed by atoms with Crippen molar-refractivity contribution in [3.8, 4) is 0 Å². The number of hydrogen-bond donors (Lipinski definition) is 10. The number of carbonyl (C=O) groups excluding carboxylic acids is 6. The van der Waals surface area contributed by atoms with Crippen LogP contribution in [0.1, 0.15) is 26.2 Å². The average molecular weight is 444 g/mol. The van der Waals surface area contributed by atoms with Gasteiger partial charge in [0.05, 0.1) is 13.3 Å². The van der Waals surface area contributed by atoms with E-state index in [9.17, 15) is 39.0 Å². The largest absolute Gasteiger partial charge is 0.391 e. The van der Waals surface area contributed by atoms with Crippen molar-refractivity contribution in [1.29, 1.82) is 0 Å². The van der Waals surface area contributed by atoms with Gasteiger partial charge in [-0.3, -0.25) is 20.2 Å². The molecule has 0 saturated carbocycles. The Morgan fingerprint density at radius 3 is 2.03 bits per heavy atom. The van der Waals surface area contributed by atoms with E-state index in [0.717, 1.165) is 0 Å². The molecular formula is C15H24N8O8. The monoisotopic (exact) mass is 444 g/mol. The van der Waals surface area contributed by atoms with Crippen LogP contribution in [0.5, 0.6) is 0 Å². The first-order chi connectivity index (χ1) is 14.6. The molecule has 10 N–H and O–H groups in total. The Morgan fingerprint density at radius 1 is 0.968 bits per heavy atom. The van der Waals surface area contributed by atoms with Gasteiger partial charge in [0.25, 0.3) is 11.8 Å². The van der Waals surface area contributed by atoms with Gasteiger partial charge in [0.15, 0.2) is 0 Å². The standard InChI is InChI=1S/C15H24N8O8/c1-2-3-4-7(25)15(9(27)19-13(31)23-15)22-11(29)17-6-16-10(28)20-14(5-24)8(26)18-12(30)21-14/h7,24-25H,2-6H2,1H3,(H2,16,20,28)(H2,17,22,29)(H2,18,21,26,30)(H2,19,23,27,31). The summed E-state index contributed by atoms with van der Waals surface area (Å²) >= 11 is 0. The SMILES string of the molecule is CCCCC(O)C1(NC(=O)NCNC(=O)NC2(CO)NC(=O)NC2=O)NC(=O)NC1=O. The number of imide groups is 2. The van der Waals surface area contributed by atoms with Crippen LogP contribution < -0.4 is 42.5 Å². The quantitative estimate of drug-likeness (QED) is 0.124. The summed E-state index contributed by atoms with van der Waals surface area (Å²) in [7, 11) is 0. The van der Waals surface area contributed by atoms with Crippen molar-refractivity contribution < 1.29 is 39.0 Å². The molecule has 0 aromatic carbocycles. The van der Waals surface area contributed by atoms with E-state index in [1.807, 2.05) is 17.6 Å². The van der Waals surface area contributed by atoms with E-state index >= 15 is 0 Å². The van der Waals surface area contributed by atoms with E-state index in [1.165, 1.54) is 0 Å². The maximum Gasteiger partial charge on any atom is 0.323 e. The number of rotatable bonds is 9. The van der Waals surface area contributed by atoms with Crippen LogP contribution in [0, 0.1) is 0 Å². The van der Waals surface area contributed by atoms with Gasteiger partial charge >= 0.3 is 24.1 Å². The smallest absolute Gasteiger partial charge is 0.323 e. The van der Waals surface area contributed by atoms with Gasteiger partial charge in [-0.05, 0) is 6.42 Å². The molecule has 2 saturated heterocycles. The van der Waals surface area contributed by atoms with Crippen LogP contribution in [0.3, 0.4) is 0 Å². The van der Waals surface area contributed by atoms with Gasteiger partial charge in [-0.2, -0.15) is 0 Å². The van der Waals surface area contributed by atoms with Crippen LogP contribution in [0.25, 0.3) is 0 Å². The van der Waals surface area contributed by atoms with Gasteiger partial charge in [0, 0.05) is 0 Å². The first-order valence-electron chi connectivity index (χ1n) is 9.26. The number of carbonyl (C=O) groups is 6. The van der Waals surface area contributed by atoms with Crippen molar-refractivity contribution in [3.05, 3.63) is 0 Å². The Balaban J connectivity index is 1.90. The molecular weight excluding hydrogens is 420 g/mol. The van der Waals surface area contributed by atoms with Crippen molar-refractivity contribution >= 4 is 35.9 Å². The van der Waals surface area contributed by atoms with Crippen molar-refractivity contribution in [1.82, 2.24) is 42.5 Å². The minimum absolute atomic E-state index is 0.113. The van der Waals surface area contributed by atoms with Gasteiger partial charge in [0.1, 0.15) is 6.10 Å². The highest BCUT2D eigenvalue weighted by molar-refractivity contribution is 6.09. The summed E-state index contributed by atoms with van der Waals surface area (Å²) in [4.78, 5) is 70.7. The van der Waals surface area contributed by atoms with Crippen molar-refractivity contribution in [3.63, 3.8) is 0 Å². The molecule has 0 spiro atoms. The highest BCUT2D eigenvalue weighted by Crippen LogP contribution is 2.17. The molecule has 0 aromatic rings. The lowest BCUT2D eigenvalue weighted by molar-refractivity contribution is -0.129.